The van der Waals surface area contributed by atoms with Gasteiger partial charge in [-0.15, -0.1) is 11.3 Å². The molecular weight excluding hydrogens is 212 g/mol. The second-order valence-corrected chi connectivity index (χ2v) is 4.22. The van der Waals surface area contributed by atoms with Gasteiger partial charge in [0.25, 0.3) is 0 Å². The first-order chi connectivity index (χ1) is 7.10. The summed E-state index contributed by atoms with van der Waals surface area (Å²) in [6.45, 7) is 7.15. The Balaban J connectivity index is 2.87. The monoisotopic (exact) mass is 228 g/mol. The summed E-state index contributed by atoms with van der Waals surface area (Å²) in [4.78, 5) is 17.6. The van der Waals surface area contributed by atoms with E-state index >= 15 is 0 Å². The Kier molecular flexibility index (Phi) is 4.08. The molecule has 1 heterocycles. The summed E-state index contributed by atoms with van der Waals surface area (Å²) in [7, 11) is 1.36. The first kappa shape index (κ1) is 12.0. The molecule has 5 heteroatoms. The van der Waals surface area contributed by atoms with Crippen LogP contribution in [0.3, 0.4) is 0 Å². The average molecular weight is 228 g/mol. The van der Waals surface area contributed by atoms with E-state index in [9.17, 15) is 4.79 Å². The standard InChI is InChI=1S/C10H16N2O2S/c1-5-12(7(2)3)10-11-8(6-15-10)9(13)14-4/h6-7H,5H2,1-4H3. The van der Waals surface area contributed by atoms with Crippen LogP contribution in [-0.4, -0.2) is 30.6 Å². The fraction of sp³-hybridized carbons (Fsp3) is 0.600. The van der Waals surface area contributed by atoms with Gasteiger partial charge >= 0.3 is 5.97 Å². The van der Waals surface area contributed by atoms with Crippen molar-refractivity contribution in [2.45, 2.75) is 26.8 Å². The van der Waals surface area contributed by atoms with E-state index in [2.05, 4.69) is 35.4 Å². The Morgan fingerprint density at radius 3 is 2.80 bits per heavy atom. The van der Waals surface area contributed by atoms with Crippen molar-refractivity contribution in [2.75, 3.05) is 18.6 Å². The summed E-state index contributed by atoms with van der Waals surface area (Å²) in [5, 5.41) is 2.60. The highest BCUT2D eigenvalue weighted by atomic mass is 32.1. The molecular formula is C10H16N2O2S. The normalized spacial score (nSPS) is 10.5. The third-order valence-electron chi connectivity index (χ3n) is 2.10. The highest BCUT2D eigenvalue weighted by molar-refractivity contribution is 7.13. The number of methoxy groups -OCH3 is 1. The lowest BCUT2D eigenvalue weighted by Gasteiger charge is -2.23. The van der Waals surface area contributed by atoms with Crippen molar-refractivity contribution in [2.24, 2.45) is 0 Å². The van der Waals surface area contributed by atoms with Crippen LogP contribution in [0.5, 0.6) is 0 Å². The number of carbonyl (C=O) groups excluding carboxylic acids is 1. The molecule has 0 saturated heterocycles. The number of aromatic nitrogens is 1. The van der Waals surface area contributed by atoms with E-state index in [1.807, 2.05) is 0 Å². The van der Waals surface area contributed by atoms with Crippen molar-refractivity contribution in [1.82, 2.24) is 4.98 Å². The molecule has 0 fully saturated rings. The van der Waals surface area contributed by atoms with E-state index in [-0.39, 0.29) is 5.97 Å². The fourth-order valence-corrected chi connectivity index (χ4v) is 2.31. The molecule has 0 bridgehead atoms. The van der Waals surface area contributed by atoms with E-state index in [1.54, 1.807) is 5.38 Å². The van der Waals surface area contributed by atoms with E-state index in [4.69, 9.17) is 0 Å². The zero-order chi connectivity index (χ0) is 11.4. The summed E-state index contributed by atoms with van der Waals surface area (Å²) in [5.74, 6) is -0.377. The van der Waals surface area contributed by atoms with Gasteiger partial charge in [0.15, 0.2) is 10.8 Å². The predicted molar refractivity (Wildman–Crippen MR) is 61.6 cm³/mol. The van der Waals surface area contributed by atoms with Gasteiger partial charge in [0.2, 0.25) is 0 Å². The van der Waals surface area contributed by atoms with Gasteiger partial charge in [0.1, 0.15) is 0 Å². The predicted octanol–water partition coefficient (Wildman–Crippen LogP) is 2.16. The van der Waals surface area contributed by atoms with E-state index < -0.39 is 0 Å². The quantitative estimate of drug-likeness (QED) is 0.741. The third-order valence-corrected chi connectivity index (χ3v) is 2.97. The molecule has 0 spiro atoms. The molecule has 84 valence electrons. The number of hydrogen-bond acceptors (Lipinski definition) is 5. The van der Waals surface area contributed by atoms with Crippen molar-refractivity contribution in [1.29, 1.82) is 0 Å². The molecule has 0 aliphatic heterocycles. The minimum Gasteiger partial charge on any atom is -0.464 e. The number of nitrogens with zero attached hydrogens (tertiary/aromatic N) is 2. The van der Waals surface area contributed by atoms with Crippen molar-refractivity contribution in [3.05, 3.63) is 11.1 Å². The van der Waals surface area contributed by atoms with Gasteiger partial charge in [-0.1, -0.05) is 0 Å². The molecule has 0 radical (unpaired) electrons. The Hall–Kier alpha value is -1.10. The fourth-order valence-electron chi connectivity index (χ4n) is 1.32. The summed E-state index contributed by atoms with van der Waals surface area (Å²) < 4.78 is 4.61. The third kappa shape index (κ3) is 2.68. The van der Waals surface area contributed by atoms with Gasteiger partial charge in [0.05, 0.1) is 7.11 Å². The zero-order valence-corrected chi connectivity index (χ0v) is 10.3. The van der Waals surface area contributed by atoms with Gasteiger partial charge in [-0.05, 0) is 20.8 Å². The molecule has 15 heavy (non-hydrogen) atoms. The van der Waals surface area contributed by atoms with Crippen LogP contribution in [0.15, 0.2) is 5.38 Å². The lowest BCUT2D eigenvalue weighted by atomic mass is 10.3. The Morgan fingerprint density at radius 1 is 1.67 bits per heavy atom. The number of carbonyl (C=O) groups is 1. The first-order valence-corrected chi connectivity index (χ1v) is 5.78. The van der Waals surface area contributed by atoms with Crippen LogP contribution in [0.25, 0.3) is 0 Å². The van der Waals surface area contributed by atoms with Crippen LogP contribution >= 0.6 is 11.3 Å². The zero-order valence-electron chi connectivity index (χ0n) is 9.48. The van der Waals surface area contributed by atoms with Gasteiger partial charge in [-0.2, -0.15) is 0 Å². The number of hydrogen-bond donors (Lipinski definition) is 0. The van der Waals surface area contributed by atoms with Crippen LogP contribution in [0, 0.1) is 0 Å². The molecule has 4 nitrogen and oxygen atoms in total. The maximum Gasteiger partial charge on any atom is 0.357 e. The highest BCUT2D eigenvalue weighted by Crippen LogP contribution is 2.22. The number of rotatable bonds is 4. The number of thiazole rings is 1. The number of anilines is 1. The molecule has 0 unspecified atom stereocenters. The highest BCUT2D eigenvalue weighted by Gasteiger charge is 2.16. The van der Waals surface area contributed by atoms with Crippen molar-refractivity contribution in [3.8, 4) is 0 Å². The summed E-state index contributed by atoms with van der Waals surface area (Å²) in [6, 6.07) is 0.381. The molecule has 1 aromatic heterocycles. The molecule has 0 amide bonds. The summed E-state index contributed by atoms with van der Waals surface area (Å²) in [6.07, 6.45) is 0. The topological polar surface area (TPSA) is 42.4 Å². The second kappa shape index (κ2) is 5.11. The Bertz CT molecular complexity index is 336. The van der Waals surface area contributed by atoms with E-state index in [0.717, 1.165) is 11.7 Å². The maximum atomic E-state index is 11.2. The molecule has 0 atom stereocenters. The minimum absolute atomic E-state index is 0.377. The van der Waals surface area contributed by atoms with Gasteiger partial charge in [0, 0.05) is 18.0 Å². The lowest BCUT2D eigenvalue weighted by molar-refractivity contribution is 0.0595. The Labute approximate surface area is 93.9 Å². The summed E-state index contributed by atoms with van der Waals surface area (Å²) in [5.41, 5.74) is 0.386. The number of ether oxygens (including phenoxy) is 1. The smallest absolute Gasteiger partial charge is 0.357 e. The maximum absolute atomic E-state index is 11.2. The lowest BCUT2D eigenvalue weighted by Crippen LogP contribution is -2.30. The minimum atomic E-state index is -0.377. The van der Waals surface area contributed by atoms with E-state index in [0.29, 0.717) is 11.7 Å². The molecule has 0 saturated carbocycles. The largest absolute Gasteiger partial charge is 0.464 e. The molecule has 1 aromatic rings. The van der Waals surface area contributed by atoms with Crippen LogP contribution in [0.4, 0.5) is 5.13 Å². The molecule has 0 aliphatic carbocycles. The van der Waals surface area contributed by atoms with Crippen LogP contribution in [-0.2, 0) is 4.74 Å². The van der Waals surface area contributed by atoms with Crippen LogP contribution in [0.1, 0.15) is 31.3 Å². The van der Waals surface area contributed by atoms with Crippen molar-refractivity contribution >= 4 is 22.4 Å². The molecule has 0 aliphatic rings. The Morgan fingerprint density at radius 2 is 2.33 bits per heavy atom. The van der Waals surface area contributed by atoms with Gasteiger partial charge < -0.3 is 9.64 Å². The van der Waals surface area contributed by atoms with Crippen LogP contribution < -0.4 is 4.90 Å². The summed E-state index contributed by atoms with van der Waals surface area (Å²) >= 11 is 1.47. The van der Waals surface area contributed by atoms with Gasteiger partial charge in [-0.25, -0.2) is 9.78 Å². The second-order valence-electron chi connectivity index (χ2n) is 3.39. The van der Waals surface area contributed by atoms with Crippen molar-refractivity contribution < 1.29 is 9.53 Å². The molecule has 1 rings (SSSR count). The number of esters is 1. The average Bonchev–Trinajstić information content (AvgIpc) is 2.66. The van der Waals surface area contributed by atoms with Gasteiger partial charge in [-0.3, -0.25) is 0 Å². The molecule has 0 aromatic carbocycles. The first-order valence-electron chi connectivity index (χ1n) is 4.90. The SMILES string of the molecule is CCN(c1nc(C(=O)OC)cs1)C(C)C. The van der Waals surface area contributed by atoms with Crippen LogP contribution in [0.2, 0.25) is 0 Å². The van der Waals surface area contributed by atoms with Crippen molar-refractivity contribution in [3.63, 3.8) is 0 Å². The van der Waals surface area contributed by atoms with E-state index in [1.165, 1.54) is 18.4 Å². The molecule has 0 N–H and O–H groups in total.